The fourth-order valence-electron chi connectivity index (χ4n) is 2.89. The highest BCUT2D eigenvalue weighted by molar-refractivity contribution is 6.07. The topological polar surface area (TPSA) is 58.2 Å². The molecule has 0 atom stereocenters. The second kappa shape index (κ2) is 8.12. The molecule has 3 aromatic carbocycles. The van der Waals surface area contributed by atoms with Crippen molar-refractivity contribution in [1.82, 2.24) is 10.6 Å². The van der Waals surface area contributed by atoms with Gasteiger partial charge in [0.1, 0.15) is 0 Å². The van der Waals surface area contributed by atoms with Crippen LogP contribution >= 0.6 is 0 Å². The van der Waals surface area contributed by atoms with E-state index in [1.54, 1.807) is 12.1 Å². The first-order valence-corrected chi connectivity index (χ1v) is 8.58. The number of fused-ring (bicyclic) bond motifs is 1. The molecule has 7 heteroatoms. The minimum atomic E-state index is -4.61. The van der Waals surface area contributed by atoms with Crippen molar-refractivity contribution < 1.29 is 22.8 Å². The quantitative estimate of drug-likeness (QED) is 0.651. The number of rotatable bonds is 5. The van der Waals surface area contributed by atoms with Gasteiger partial charge in [0.25, 0.3) is 11.8 Å². The average molecular weight is 386 g/mol. The third-order valence-electron chi connectivity index (χ3n) is 4.21. The lowest BCUT2D eigenvalue weighted by molar-refractivity contribution is -0.137. The van der Waals surface area contributed by atoms with E-state index in [2.05, 4.69) is 10.6 Å². The molecule has 0 heterocycles. The summed E-state index contributed by atoms with van der Waals surface area (Å²) < 4.78 is 38.9. The van der Waals surface area contributed by atoms with Gasteiger partial charge in [-0.15, -0.1) is 0 Å². The average Bonchev–Trinajstić information content (AvgIpc) is 2.69. The van der Waals surface area contributed by atoms with E-state index in [-0.39, 0.29) is 19.0 Å². The molecule has 2 amide bonds. The molecule has 0 saturated heterocycles. The predicted octanol–water partition coefficient (Wildman–Crippen LogP) is 4.02. The van der Waals surface area contributed by atoms with Crippen molar-refractivity contribution in [1.29, 1.82) is 0 Å². The smallest absolute Gasteiger partial charge is 0.350 e. The lowest BCUT2D eigenvalue weighted by Gasteiger charge is -2.13. The number of benzene rings is 3. The molecule has 28 heavy (non-hydrogen) atoms. The molecule has 0 aliphatic rings. The molecule has 3 rings (SSSR count). The molecule has 4 nitrogen and oxygen atoms in total. The molecule has 0 aliphatic heterocycles. The molecule has 3 aromatic rings. The van der Waals surface area contributed by atoms with Gasteiger partial charge >= 0.3 is 6.18 Å². The van der Waals surface area contributed by atoms with Crippen LogP contribution in [0.1, 0.15) is 26.3 Å². The van der Waals surface area contributed by atoms with E-state index in [9.17, 15) is 22.8 Å². The molecule has 2 N–H and O–H groups in total. The Morgan fingerprint density at radius 3 is 1.96 bits per heavy atom. The number of hydrogen-bond acceptors (Lipinski definition) is 2. The van der Waals surface area contributed by atoms with Crippen LogP contribution in [0.4, 0.5) is 13.2 Å². The lowest BCUT2D eigenvalue weighted by Crippen LogP contribution is -2.35. The van der Waals surface area contributed by atoms with E-state index in [0.29, 0.717) is 5.56 Å². The number of carbonyl (C=O) groups excluding carboxylic acids is 2. The van der Waals surface area contributed by atoms with Crippen LogP contribution in [0.2, 0.25) is 0 Å². The van der Waals surface area contributed by atoms with Crippen molar-refractivity contribution in [2.75, 3.05) is 13.1 Å². The molecule has 0 fully saturated rings. The standard InChI is InChI=1S/C21H17F3N2O2/c22-21(23,24)18-11-4-3-9-17(18)20(28)26-13-12-25-19(27)16-10-5-7-14-6-1-2-8-15(14)16/h1-11H,12-13H2,(H,25,27)(H,26,28). The van der Waals surface area contributed by atoms with Crippen LogP contribution in [-0.2, 0) is 6.18 Å². The van der Waals surface area contributed by atoms with Crippen molar-refractivity contribution in [3.05, 3.63) is 83.4 Å². The van der Waals surface area contributed by atoms with Crippen molar-refractivity contribution in [3.8, 4) is 0 Å². The van der Waals surface area contributed by atoms with Gasteiger partial charge in [-0.2, -0.15) is 13.2 Å². The monoisotopic (exact) mass is 386 g/mol. The Morgan fingerprint density at radius 2 is 1.25 bits per heavy atom. The number of hydrogen-bond donors (Lipinski definition) is 2. The van der Waals surface area contributed by atoms with Gasteiger partial charge in [-0.1, -0.05) is 48.5 Å². The van der Waals surface area contributed by atoms with Crippen LogP contribution in [0.3, 0.4) is 0 Å². The predicted molar refractivity (Wildman–Crippen MR) is 100 cm³/mol. The maximum Gasteiger partial charge on any atom is 0.417 e. The SMILES string of the molecule is O=C(NCCNC(=O)c1cccc2ccccc12)c1ccccc1C(F)(F)F. The zero-order valence-electron chi connectivity index (χ0n) is 14.7. The van der Waals surface area contributed by atoms with Crippen LogP contribution in [0.25, 0.3) is 10.8 Å². The highest BCUT2D eigenvalue weighted by Crippen LogP contribution is 2.31. The fourth-order valence-corrected chi connectivity index (χ4v) is 2.89. The Morgan fingerprint density at radius 1 is 0.714 bits per heavy atom. The largest absolute Gasteiger partial charge is 0.417 e. The van der Waals surface area contributed by atoms with Gasteiger partial charge in [0.2, 0.25) is 0 Å². The van der Waals surface area contributed by atoms with E-state index >= 15 is 0 Å². The Bertz CT molecular complexity index is 1010. The second-order valence-electron chi connectivity index (χ2n) is 6.08. The number of amides is 2. The summed E-state index contributed by atoms with van der Waals surface area (Å²) in [4.78, 5) is 24.5. The molecule has 0 aromatic heterocycles. The summed E-state index contributed by atoms with van der Waals surface area (Å²) in [6, 6.07) is 17.4. The van der Waals surface area contributed by atoms with Gasteiger partial charge in [-0.3, -0.25) is 9.59 Å². The maximum atomic E-state index is 13.0. The minimum Gasteiger partial charge on any atom is -0.350 e. The number of alkyl halides is 3. The fraction of sp³-hybridized carbons (Fsp3) is 0.143. The zero-order valence-corrected chi connectivity index (χ0v) is 14.7. The van der Waals surface area contributed by atoms with Gasteiger partial charge in [0.15, 0.2) is 0 Å². The summed E-state index contributed by atoms with van der Waals surface area (Å²) in [6.07, 6.45) is -4.61. The van der Waals surface area contributed by atoms with E-state index in [0.717, 1.165) is 22.9 Å². The molecule has 0 aliphatic carbocycles. The van der Waals surface area contributed by atoms with E-state index in [1.165, 1.54) is 12.1 Å². The van der Waals surface area contributed by atoms with E-state index in [4.69, 9.17) is 0 Å². The molecular formula is C21H17F3N2O2. The lowest BCUT2D eigenvalue weighted by atomic mass is 10.0. The van der Waals surface area contributed by atoms with Crippen molar-refractivity contribution in [2.45, 2.75) is 6.18 Å². The van der Waals surface area contributed by atoms with Gasteiger partial charge in [0.05, 0.1) is 11.1 Å². The first kappa shape index (κ1) is 19.4. The van der Waals surface area contributed by atoms with Crippen molar-refractivity contribution in [2.24, 2.45) is 0 Å². The third-order valence-corrected chi connectivity index (χ3v) is 4.21. The molecule has 0 saturated carbocycles. The van der Waals surface area contributed by atoms with Crippen molar-refractivity contribution in [3.63, 3.8) is 0 Å². The highest BCUT2D eigenvalue weighted by atomic mass is 19.4. The van der Waals surface area contributed by atoms with Crippen LogP contribution in [-0.4, -0.2) is 24.9 Å². The van der Waals surface area contributed by atoms with Crippen LogP contribution in [0, 0.1) is 0 Å². The number of carbonyl (C=O) groups is 2. The van der Waals surface area contributed by atoms with Crippen LogP contribution in [0.15, 0.2) is 66.7 Å². The Kier molecular flexibility index (Phi) is 5.63. The zero-order chi connectivity index (χ0) is 20.1. The molecule has 0 bridgehead atoms. The summed E-state index contributed by atoms with van der Waals surface area (Å²) >= 11 is 0. The number of nitrogens with one attached hydrogen (secondary N) is 2. The normalized spacial score (nSPS) is 11.2. The minimum absolute atomic E-state index is 0.00152. The summed E-state index contributed by atoms with van der Waals surface area (Å²) in [7, 11) is 0. The second-order valence-corrected chi connectivity index (χ2v) is 6.08. The Balaban J connectivity index is 1.59. The summed E-state index contributed by atoms with van der Waals surface area (Å²) in [5.74, 6) is -1.16. The molecule has 0 spiro atoms. The summed E-state index contributed by atoms with van der Waals surface area (Å²) in [6.45, 7) is 0.0868. The van der Waals surface area contributed by atoms with Crippen molar-refractivity contribution >= 4 is 22.6 Å². The molecule has 144 valence electrons. The molecule has 0 radical (unpaired) electrons. The first-order valence-electron chi connectivity index (χ1n) is 8.58. The summed E-state index contributed by atoms with van der Waals surface area (Å²) in [5.41, 5.74) is -0.950. The third kappa shape index (κ3) is 4.31. The number of halogens is 3. The van der Waals surface area contributed by atoms with Crippen LogP contribution < -0.4 is 10.6 Å². The molecule has 0 unspecified atom stereocenters. The maximum absolute atomic E-state index is 13.0. The Labute approximate surface area is 159 Å². The molecular weight excluding hydrogens is 369 g/mol. The van der Waals surface area contributed by atoms with E-state index in [1.807, 2.05) is 30.3 Å². The van der Waals surface area contributed by atoms with Gasteiger partial charge in [-0.25, -0.2) is 0 Å². The summed E-state index contributed by atoms with van der Waals surface area (Å²) in [5, 5.41) is 6.79. The first-order chi connectivity index (χ1) is 13.4. The highest BCUT2D eigenvalue weighted by Gasteiger charge is 2.34. The van der Waals surface area contributed by atoms with Crippen LogP contribution in [0.5, 0.6) is 0 Å². The van der Waals surface area contributed by atoms with Gasteiger partial charge in [0, 0.05) is 18.7 Å². The van der Waals surface area contributed by atoms with Gasteiger partial charge in [-0.05, 0) is 29.0 Å². The van der Waals surface area contributed by atoms with Gasteiger partial charge < -0.3 is 10.6 Å². The Hall–Kier alpha value is -3.35. The van der Waals surface area contributed by atoms with E-state index < -0.39 is 23.2 Å².